The Kier molecular flexibility index (Phi) is 4.55. The monoisotopic (exact) mass is 178 g/mol. The van der Waals surface area contributed by atoms with E-state index in [-0.39, 0.29) is 0 Å². The molecule has 1 aromatic rings. The predicted octanol–water partition coefficient (Wildman–Crippen LogP) is 2.95. The lowest BCUT2D eigenvalue weighted by Crippen LogP contribution is -1.94. The number of hydrogen-bond acceptors (Lipinski definition) is 1. The number of rotatable bonds is 5. The lowest BCUT2D eigenvalue weighted by atomic mass is 9.96. The molecule has 13 heavy (non-hydrogen) atoms. The molecular formula is C12H18O. The van der Waals surface area contributed by atoms with Gasteiger partial charge < -0.3 is 5.11 Å². The average molecular weight is 178 g/mol. The van der Waals surface area contributed by atoms with Crippen molar-refractivity contribution in [1.29, 1.82) is 0 Å². The molecular weight excluding hydrogens is 160 g/mol. The van der Waals surface area contributed by atoms with Crippen LogP contribution in [0.25, 0.3) is 0 Å². The van der Waals surface area contributed by atoms with Gasteiger partial charge in [-0.05, 0) is 24.3 Å². The molecule has 0 amide bonds. The number of benzene rings is 1. The van der Waals surface area contributed by atoms with E-state index in [4.69, 9.17) is 5.11 Å². The highest BCUT2D eigenvalue weighted by Crippen LogP contribution is 2.20. The van der Waals surface area contributed by atoms with Crippen LogP contribution in [0.15, 0.2) is 30.3 Å². The van der Waals surface area contributed by atoms with Gasteiger partial charge in [-0.1, -0.05) is 43.7 Å². The first-order valence-corrected chi connectivity index (χ1v) is 5.00. The first-order valence-electron chi connectivity index (χ1n) is 5.00. The van der Waals surface area contributed by atoms with Crippen LogP contribution in [0.4, 0.5) is 0 Å². The van der Waals surface area contributed by atoms with E-state index < -0.39 is 0 Å². The lowest BCUT2D eigenvalue weighted by molar-refractivity contribution is 0.281. The summed E-state index contributed by atoms with van der Waals surface area (Å²) in [6, 6.07) is 10.5. The minimum Gasteiger partial charge on any atom is -0.396 e. The number of aliphatic hydroxyl groups is 1. The summed E-state index contributed by atoms with van der Waals surface area (Å²) in [4.78, 5) is 0. The highest BCUT2D eigenvalue weighted by atomic mass is 16.2. The molecule has 1 atom stereocenters. The van der Waals surface area contributed by atoms with E-state index in [1.54, 1.807) is 0 Å². The van der Waals surface area contributed by atoms with Crippen molar-refractivity contribution in [2.45, 2.75) is 32.1 Å². The third-order valence-electron chi connectivity index (χ3n) is 2.41. The van der Waals surface area contributed by atoms with Gasteiger partial charge in [0.25, 0.3) is 0 Å². The molecule has 0 aromatic heterocycles. The maximum atomic E-state index is 8.65. The summed E-state index contributed by atoms with van der Waals surface area (Å²) in [5.41, 5.74) is 1.40. The van der Waals surface area contributed by atoms with E-state index in [0.29, 0.717) is 12.5 Å². The fourth-order valence-corrected chi connectivity index (χ4v) is 1.51. The maximum Gasteiger partial charge on any atom is 0.0431 e. The van der Waals surface area contributed by atoms with Gasteiger partial charge in [0.2, 0.25) is 0 Å². The highest BCUT2D eigenvalue weighted by molar-refractivity contribution is 5.18. The van der Waals surface area contributed by atoms with Gasteiger partial charge in [0.05, 0.1) is 0 Å². The molecule has 0 bridgehead atoms. The average Bonchev–Trinajstić information content (AvgIpc) is 2.19. The van der Waals surface area contributed by atoms with E-state index in [9.17, 15) is 0 Å². The molecule has 0 unspecified atom stereocenters. The Labute approximate surface area is 80.4 Å². The minimum atomic E-state index is 0.321. The molecule has 0 aliphatic carbocycles. The quantitative estimate of drug-likeness (QED) is 0.687. The molecule has 1 heteroatoms. The van der Waals surface area contributed by atoms with Crippen molar-refractivity contribution in [1.82, 2.24) is 0 Å². The topological polar surface area (TPSA) is 20.2 Å². The number of unbranched alkanes of at least 4 members (excludes halogenated alkanes) is 1. The van der Waals surface area contributed by atoms with Crippen LogP contribution < -0.4 is 0 Å². The van der Waals surface area contributed by atoms with Crippen molar-refractivity contribution in [3.63, 3.8) is 0 Å². The molecule has 0 aliphatic heterocycles. The normalized spacial score (nSPS) is 12.8. The van der Waals surface area contributed by atoms with Gasteiger partial charge in [-0.3, -0.25) is 0 Å². The molecule has 0 aliphatic rings. The Morgan fingerprint density at radius 2 is 1.85 bits per heavy atom. The molecule has 72 valence electrons. The zero-order valence-corrected chi connectivity index (χ0v) is 8.24. The zero-order valence-electron chi connectivity index (χ0n) is 8.24. The maximum absolute atomic E-state index is 8.65. The second-order valence-electron chi connectivity index (χ2n) is 3.53. The van der Waals surface area contributed by atoms with Crippen LogP contribution in [-0.2, 0) is 0 Å². The van der Waals surface area contributed by atoms with E-state index in [1.165, 1.54) is 12.0 Å². The van der Waals surface area contributed by atoms with Crippen molar-refractivity contribution in [3.8, 4) is 0 Å². The van der Waals surface area contributed by atoms with Crippen molar-refractivity contribution in [2.24, 2.45) is 0 Å². The molecule has 0 radical (unpaired) electrons. The summed E-state index contributed by atoms with van der Waals surface area (Å²) < 4.78 is 0. The summed E-state index contributed by atoms with van der Waals surface area (Å²) in [5.74, 6) is 0.618. The fraction of sp³-hybridized carbons (Fsp3) is 0.500. The molecule has 0 heterocycles. The van der Waals surface area contributed by atoms with Crippen molar-refractivity contribution in [3.05, 3.63) is 35.9 Å². The molecule has 1 nitrogen and oxygen atoms in total. The number of hydrogen-bond donors (Lipinski definition) is 1. The predicted molar refractivity (Wildman–Crippen MR) is 55.8 cm³/mol. The van der Waals surface area contributed by atoms with Crippen LogP contribution in [0, 0.1) is 0 Å². The minimum absolute atomic E-state index is 0.321. The van der Waals surface area contributed by atoms with Crippen molar-refractivity contribution >= 4 is 0 Å². The van der Waals surface area contributed by atoms with Crippen LogP contribution in [0.3, 0.4) is 0 Å². The third kappa shape index (κ3) is 3.60. The van der Waals surface area contributed by atoms with Gasteiger partial charge in [0, 0.05) is 6.61 Å². The van der Waals surface area contributed by atoms with Gasteiger partial charge in [-0.15, -0.1) is 0 Å². The van der Waals surface area contributed by atoms with Crippen LogP contribution in [-0.4, -0.2) is 11.7 Å². The molecule has 1 rings (SSSR count). The molecule has 1 N–H and O–H groups in total. The smallest absolute Gasteiger partial charge is 0.0431 e. The van der Waals surface area contributed by atoms with Crippen LogP contribution >= 0.6 is 0 Å². The Morgan fingerprint density at radius 3 is 2.46 bits per heavy atom. The van der Waals surface area contributed by atoms with Crippen LogP contribution in [0.2, 0.25) is 0 Å². The Bertz CT molecular complexity index is 218. The fourth-order valence-electron chi connectivity index (χ4n) is 1.51. The molecule has 1 aromatic carbocycles. The summed E-state index contributed by atoms with van der Waals surface area (Å²) in [6.07, 6.45) is 3.22. The third-order valence-corrected chi connectivity index (χ3v) is 2.41. The highest BCUT2D eigenvalue weighted by Gasteiger charge is 2.03. The van der Waals surface area contributed by atoms with Crippen molar-refractivity contribution in [2.75, 3.05) is 6.61 Å². The first-order chi connectivity index (χ1) is 6.34. The number of aliphatic hydroxyl groups excluding tert-OH is 1. The van der Waals surface area contributed by atoms with Crippen LogP contribution in [0.5, 0.6) is 0 Å². The van der Waals surface area contributed by atoms with E-state index in [2.05, 4.69) is 31.2 Å². The second kappa shape index (κ2) is 5.76. The van der Waals surface area contributed by atoms with E-state index in [0.717, 1.165) is 12.8 Å². The summed E-state index contributed by atoms with van der Waals surface area (Å²) in [7, 11) is 0. The van der Waals surface area contributed by atoms with E-state index >= 15 is 0 Å². The Hall–Kier alpha value is -0.820. The Morgan fingerprint density at radius 1 is 1.15 bits per heavy atom. The van der Waals surface area contributed by atoms with Crippen molar-refractivity contribution < 1.29 is 5.11 Å². The largest absolute Gasteiger partial charge is 0.396 e. The SMILES string of the molecule is C[C@H](CCCCO)c1ccccc1. The molecule has 0 spiro atoms. The summed E-state index contributed by atoms with van der Waals surface area (Å²) in [6.45, 7) is 2.56. The van der Waals surface area contributed by atoms with Gasteiger partial charge in [0.15, 0.2) is 0 Å². The first kappa shape index (κ1) is 10.3. The van der Waals surface area contributed by atoms with Gasteiger partial charge in [-0.25, -0.2) is 0 Å². The second-order valence-corrected chi connectivity index (χ2v) is 3.53. The Balaban J connectivity index is 2.35. The standard InChI is InChI=1S/C12H18O/c1-11(7-5-6-10-13)12-8-3-2-4-9-12/h2-4,8-9,11,13H,5-7,10H2,1H3/t11-/m1/s1. The summed E-state index contributed by atoms with van der Waals surface area (Å²) in [5, 5.41) is 8.65. The van der Waals surface area contributed by atoms with Gasteiger partial charge >= 0.3 is 0 Å². The molecule has 0 saturated heterocycles. The lowest BCUT2D eigenvalue weighted by Gasteiger charge is -2.10. The van der Waals surface area contributed by atoms with Gasteiger partial charge in [0.1, 0.15) is 0 Å². The molecule has 0 fully saturated rings. The molecule has 0 saturated carbocycles. The van der Waals surface area contributed by atoms with E-state index in [1.807, 2.05) is 6.07 Å². The zero-order chi connectivity index (χ0) is 9.52. The van der Waals surface area contributed by atoms with Crippen LogP contribution in [0.1, 0.15) is 37.7 Å². The van der Waals surface area contributed by atoms with Gasteiger partial charge in [-0.2, -0.15) is 0 Å². The summed E-state index contributed by atoms with van der Waals surface area (Å²) >= 11 is 0.